The average molecular weight is 262 g/mol. The van der Waals surface area contributed by atoms with Crippen molar-refractivity contribution in [2.75, 3.05) is 11.4 Å². The molecule has 1 aromatic rings. The molecule has 0 spiro atoms. The van der Waals surface area contributed by atoms with Gasteiger partial charge in [0.15, 0.2) is 6.29 Å². The maximum absolute atomic E-state index is 10.8. The minimum atomic E-state index is 0.510. The van der Waals surface area contributed by atoms with Gasteiger partial charge in [-0.1, -0.05) is 27.7 Å². The summed E-state index contributed by atoms with van der Waals surface area (Å²) in [6, 6.07) is 2.43. The Morgan fingerprint density at radius 3 is 2.37 bits per heavy atom. The zero-order valence-electron chi connectivity index (χ0n) is 12.8. The fourth-order valence-electron chi connectivity index (χ4n) is 2.49. The normalized spacial score (nSPS) is 11.1. The van der Waals surface area contributed by atoms with Crippen molar-refractivity contribution in [3.05, 3.63) is 23.4 Å². The molecule has 0 aliphatic heterocycles. The predicted molar refractivity (Wildman–Crippen MR) is 80.9 cm³/mol. The zero-order chi connectivity index (χ0) is 14.4. The van der Waals surface area contributed by atoms with E-state index in [0.29, 0.717) is 17.5 Å². The molecule has 0 fully saturated rings. The standard InChI is InChI=1S/C16H26N2O/c1-6-15(7-2)18(10-12(3)4)16-13(5)8-14(11-19)9-17-16/h8-9,11-12,15H,6-7,10H2,1-5H3. The summed E-state index contributed by atoms with van der Waals surface area (Å²) in [5.41, 5.74) is 1.73. The van der Waals surface area contributed by atoms with E-state index in [9.17, 15) is 4.79 Å². The molecular formula is C16H26N2O. The first-order chi connectivity index (χ1) is 9.03. The third-order valence-corrected chi connectivity index (χ3v) is 3.43. The summed E-state index contributed by atoms with van der Waals surface area (Å²) in [6.45, 7) is 11.9. The van der Waals surface area contributed by atoms with Crippen LogP contribution in [-0.2, 0) is 0 Å². The highest BCUT2D eigenvalue weighted by Gasteiger charge is 2.19. The van der Waals surface area contributed by atoms with Gasteiger partial charge in [-0.3, -0.25) is 4.79 Å². The van der Waals surface area contributed by atoms with E-state index in [0.717, 1.165) is 37.1 Å². The van der Waals surface area contributed by atoms with Crippen molar-refractivity contribution in [3.63, 3.8) is 0 Å². The number of aryl methyl sites for hydroxylation is 1. The number of nitrogens with zero attached hydrogens (tertiary/aromatic N) is 2. The molecule has 19 heavy (non-hydrogen) atoms. The van der Waals surface area contributed by atoms with Crippen molar-refractivity contribution < 1.29 is 4.79 Å². The third kappa shape index (κ3) is 4.05. The molecule has 106 valence electrons. The first-order valence-electron chi connectivity index (χ1n) is 7.21. The van der Waals surface area contributed by atoms with Crippen molar-refractivity contribution in [1.82, 2.24) is 4.98 Å². The Morgan fingerprint density at radius 2 is 1.95 bits per heavy atom. The van der Waals surface area contributed by atoms with E-state index in [1.54, 1.807) is 6.20 Å². The lowest BCUT2D eigenvalue weighted by Crippen LogP contribution is -2.38. The molecular weight excluding hydrogens is 236 g/mol. The monoisotopic (exact) mass is 262 g/mol. The van der Waals surface area contributed by atoms with Crippen molar-refractivity contribution in [1.29, 1.82) is 0 Å². The van der Waals surface area contributed by atoms with Crippen LogP contribution in [0.25, 0.3) is 0 Å². The molecule has 0 radical (unpaired) electrons. The van der Waals surface area contributed by atoms with Crippen LogP contribution in [-0.4, -0.2) is 23.9 Å². The summed E-state index contributed by atoms with van der Waals surface area (Å²) in [5, 5.41) is 0. The molecule has 1 aromatic heterocycles. The Hall–Kier alpha value is -1.38. The lowest BCUT2D eigenvalue weighted by Gasteiger charge is -2.34. The molecule has 0 amide bonds. The largest absolute Gasteiger partial charge is 0.353 e. The first kappa shape index (κ1) is 15.7. The zero-order valence-corrected chi connectivity index (χ0v) is 12.8. The highest BCUT2D eigenvalue weighted by atomic mass is 16.1. The van der Waals surface area contributed by atoms with Crippen molar-refractivity contribution >= 4 is 12.1 Å². The molecule has 0 saturated carbocycles. The van der Waals surface area contributed by atoms with Gasteiger partial charge in [-0.25, -0.2) is 4.98 Å². The fraction of sp³-hybridized carbons (Fsp3) is 0.625. The number of hydrogen-bond acceptors (Lipinski definition) is 3. The molecule has 0 atom stereocenters. The molecule has 0 bridgehead atoms. The number of rotatable bonds is 7. The van der Waals surface area contributed by atoms with Crippen LogP contribution in [0.3, 0.4) is 0 Å². The Kier molecular flexibility index (Phi) is 6.00. The molecule has 1 rings (SSSR count). The summed E-state index contributed by atoms with van der Waals surface area (Å²) < 4.78 is 0. The quantitative estimate of drug-likeness (QED) is 0.700. The summed E-state index contributed by atoms with van der Waals surface area (Å²) in [4.78, 5) is 17.7. The molecule has 0 aliphatic rings. The number of carbonyl (C=O) groups excluding carboxylic acids is 1. The SMILES string of the molecule is CCC(CC)N(CC(C)C)c1ncc(C=O)cc1C. The Morgan fingerprint density at radius 1 is 1.32 bits per heavy atom. The number of aldehydes is 1. The van der Waals surface area contributed by atoms with Gasteiger partial charge >= 0.3 is 0 Å². The maximum atomic E-state index is 10.8. The smallest absolute Gasteiger partial charge is 0.151 e. The molecule has 0 aliphatic carbocycles. The van der Waals surface area contributed by atoms with Crippen LogP contribution >= 0.6 is 0 Å². The van der Waals surface area contributed by atoms with E-state index >= 15 is 0 Å². The van der Waals surface area contributed by atoms with E-state index in [1.807, 2.05) is 13.0 Å². The topological polar surface area (TPSA) is 33.2 Å². The first-order valence-corrected chi connectivity index (χ1v) is 7.21. The summed E-state index contributed by atoms with van der Waals surface area (Å²) in [6.07, 6.45) is 4.75. The van der Waals surface area contributed by atoms with E-state index in [-0.39, 0.29) is 0 Å². The molecule has 0 saturated heterocycles. The van der Waals surface area contributed by atoms with Gasteiger partial charge in [0.2, 0.25) is 0 Å². The molecule has 3 heteroatoms. The Bertz CT molecular complexity index is 411. The van der Waals surface area contributed by atoms with Gasteiger partial charge in [0.25, 0.3) is 0 Å². The van der Waals surface area contributed by atoms with Crippen LogP contribution in [0.15, 0.2) is 12.3 Å². The van der Waals surface area contributed by atoms with E-state index < -0.39 is 0 Å². The van der Waals surface area contributed by atoms with Gasteiger partial charge in [0, 0.05) is 24.3 Å². The highest BCUT2D eigenvalue weighted by molar-refractivity contribution is 5.75. The number of anilines is 1. The second-order valence-electron chi connectivity index (χ2n) is 5.54. The van der Waals surface area contributed by atoms with Gasteiger partial charge < -0.3 is 4.90 Å². The molecule has 0 unspecified atom stereocenters. The highest BCUT2D eigenvalue weighted by Crippen LogP contribution is 2.23. The average Bonchev–Trinajstić information content (AvgIpc) is 2.38. The number of aromatic nitrogens is 1. The van der Waals surface area contributed by atoms with Gasteiger partial charge in [0.05, 0.1) is 0 Å². The number of pyridine rings is 1. The predicted octanol–water partition coefficient (Wildman–Crippen LogP) is 3.85. The molecule has 0 N–H and O–H groups in total. The van der Waals surface area contributed by atoms with Crippen molar-refractivity contribution in [3.8, 4) is 0 Å². The van der Waals surface area contributed by atoms with Gasteiger partial charge in [-0.2, -0.15) is 0 Å². The summed E-state index contributed by atoms with van der Waals surface area (Å²) in [5.74, 6) is 1.61. The Balaban J connectivity index is 3.12. The van der Waals surface area contributed by atoms with E-state index in [1.165, 1.54) is 0 Å². The minimum absolute atomic E-state index is 0.510. The summed E-state index contributed by atoms with van der Waals surface area (Å²) >= 11 is 0. The fourth-order valence-corrected chi connectivity index (χ4v) is 2.49. The van der Waals surface area contributed by atoms with Crippen LogP contribution in [0.2, 0.25) is 0 Å². The third-order valence-electron chi connectivity index (χ3n) is 3.43. The lowest BCUT2D eigenvalue weighted by atomic mass is 10.1. The Labute approximate surface area is 117 Å². The van der Waals surface area contributed by atoms with E-state index in [4.69, 9.17) is 0 Å². The maximum Gasteiger partial charge on any atom is 0.151 e. The molecule has 3 nitrogen and oxygen atoms in total. The van der Waals surface area contributed by atoms with Gasteiger partial charge in [0.1, 0.15) is 5.82 Å². The molecule has 1 heterocycles. The number of hydrogen-bond donors (Lipinski definition) is 0. The lowest BCUT2D eigenvalue weighted by molar-refractivity contribution is 0.112. The minimum Gasteiger partial charge on any atom is -0.353 e. The van der Waals surface area contributed by atoms with Crippen LogP contribution in [0.4, 0.5) is 5.82 Å². The van der Waals surface area contributed by atoms with E-state index in [2.05, 4.69) is 37.6 Å². The van der Waals surface area contributed by atoms with Crippen molar-refractivity contribution in [2.45, 2.75) is 53.5 Å². The van der Waals surface area contributed by atoms with Crippen molar-refractivity contribution in [2.24, 2.45) is 5.92 Å². The summed E-state index contributed by atoms with van der Waals surface area (Å²) in [7, 11) is 0. The van der Waals surface area contributed by atoms with Crippen LogP contribution in [0, 0.1) is 12.8 Å². The second-order valence-corrected chi connectivity index (χ2v) is 5.54. The van der Waals surface area contributed by atoms with Crippen LogP contribution < -0.4 is 4.90 Å². The second kappa shape index (κ2) is 7.27. The van der Waals surface area contributed by atoms with Crippen LogP contribution in [0.1, 0.15) is 56.5 Å². The van der Waals surface area contributed by atoms with Gasteiger partial charge in [-0.15, -0.1) is 0 Å². The van der Waals surface area contributed by atoms with Crippen LogP contribution in [0.5, 0.6) is 0 Å². The molecule has 0 aromatic carbocycles. The number of carbonyl (C=O) groups is 1. The van der Waals surface area contributed by atoms with Gasteiger partial charge in [-0.05, 0) is 37.3 Å².